The van der Waals surface area contributed by atoms with E-state index in [1.54, 1.807) is 6.20 Å². The lowest BCUT2D eigenvalue weighted by molar-refractivity contribution is 0.178. The van der Waals surface area contributed by atoms with Crippen molar-refractivity contribution in [1.82, 2.24) is 4.98 Å². The van der Waals surface area contributed by atoms with Gasteiger partial charge in [-0.1, -0.05) is 54.6 Å². The van der Waals surface area contributed by atoms with Gasteiger partial charge in [0.25, 0.3) is 0 Å². The molecule has 0 saturated heterocycles. The van der Waals surface area contributed by atoms with Crippen LogP contribution in [0.2, 0.25) is 0 Å². The van der Waals surface area contributed by atoms with Crippen molar-refractivity contribution in [2.45, 2.75) is 12.6 Å². The van der Waals surface area contributed by atoms with Gasteiger partial charge in [0.1, 0.15) is 6.10 Å². The lowest BCUT2D eigenvalue weighted by Crippen LogP contribution is -2.28. The number of anilines is 1. The molecule has 0 fully saturated rings. The molecule has 0 aliphatic carbocycles. The van der Waals surface area contributed by atoms with E-state index in [1.165, 1.54) is 5.56 Å². The first-order valence-corrected chi connectivity index (χ1v) is 7.76. The van der Waals surface area contributed by atoms with Crippen LogP contribution in [0.15, 0.2) is 85.1 Å². The first-order chi connectivity index (χ1) is 11.3. The van der Waals surface area contributed by atoms with Gasteiger partial charge in [-0.25, -0.2) is 0 Å². The second-order valence-corrected chi connectivity index (χ2v) is 5.47. The summed E-state index contributed by atoms with van der Waals surface area (Å²) in [6.45, 7) is 1.24. The maximum Gasteiger partial charge on any atom is 0.113 e. The minimum atomic E-state index is -0.625. The van der Waals surface area contributed by atoms with Crippen molar-refractivity contribution in [3.8, 4) is 0 Å². The van der Waals surface area contributed by atoms with Gasteiger partial charge in [0.2, 0.25) is 0 Å². The summed E-state index contributed by atoms with van der Waals surface area (Å²) in [4.78, 5) is 6.43. The highest BCUT2D eigenvalue weighted by Crippen LogP contribution is 2.21. The Kier molecular flexibility index (Phi) is 5.02. The molecule has 1 N–H and O–H groups in total. The Balaban J connectivity index is 1.81. The lowest BCUT2D eigenvalue weighted by atomic mass is 10.1. The predicted octanol–water partition coefficient (Wildman–Crippen LogP) is 3.82. The number of pyridine rings is 1. The minimum Gasteiger partial charge on any atom is -0.385 e. The summed E-state index contributed by atoms with van der Waals surface area (Å²) in [5.41, 5.74) is 3.00. The number of aromatic nitrogens is 1. The Hall–Kier alpha value is -2.65. The highest BCUT2D eigenvalue weighted by atomic mass is 16.3. The van der Waals surface area contributed by atoms with E-state index < -0.39 is 6.10 Å². The molecular weight excluding hydrogens is 284 g/mol. The van der Waals surface area contributed by atoms with E-state index in [1.807, 2.05) is 54.6 Å². The maximum absolute atomic E-state index is 10.5. The van der Waals surface area contributed by atoms with E-state index in [-0.39, 0.29) is 0 Å². The summed E-state index contributed by atoms with van der Waals surface area (Å²) in [6, 6.07) is 26.1. The monoisotopic (exact) mass is 304 g/mol. The van der Waals surface area contributed by atoms with Gasteiger partial charge in [0.05, 0.1) is 5.69 Å². The summed E-state index contributed by atoms with van der Waals surface area (Å²) in [7, 11) is 0. The van der Waals surface area contributed by atoms with Gasteiger partial charge in [-0.15, -0.1) is 0 Å². The first kappa shape index (κ1) is 15.3. The number of benzene rings is 2. The Labute approximate surface area is 136 Å². The molecule has 0 amide bonds. The van der Waals surface area contributed by atoms with Crippen molar-refractivity contribution >= 4 is 5.69 Å². The molecule has 0 bridgehead atoms. The summed E-state index contributed by atoms with van der Waals surface area (Å²) in [6.07, 6.45) is 1.09. The van der Waals surface area contributed by atoms with Crippen LogP contribution >= 0.6 is 0 Å². The Morgan fingerprint density at radius 2 is 1.48 bits per heavy atom. The lowest BCUT2D eigenvalue weighted by Gasteiger charge is -2.27. The van der Waals surface area contributed by atoms with Crippen molar-refractivity contribution in [2.75, 3.05) is 11.4 Å². The van der Waals surface area contributed by atoms with Gasteiger partial charge in [-0.3, -0.25) is 4.98 Å². The third-order valence-corrected chi connectivity index (χ3v) is 3.76. The van der Waals surface area contributed by atoms with Crippen LogP contribution in [0.5, 0.6) is 0 Å². The maximum atomic E-state index is 10.5. The number of hydrogen-bond acceptors (Lipinski definition) is 3. The Morgan fingerprint density at radius 1 is 0.826 bits per heavy atom. The predicted molar refractivity (Wildman–Crippen MR) is 93.1 cm³/mol. The fraction of sp³-hybridized carbons (Fsp3) is 0.150. The fourth-order valence-corrected chi connectivity index (χ4v) is 2.58. The number of aliphatic hydroxyl groups excluding tert-OH is 1. The molecule has 0 radical (unpaired) electrons. The third-order valence-electron chi connectivity index (χ3n) is 3.76. The minimum absolute atomic E-state index is 0.496. The quantitative estimate of drug-likeness (QED) is 0.752. The Bertz CT molecular complexity index is 701. The number of nitrogens with zero attached hydrogens (tertiary/aromatic N) is 2. The molecular formula is C20H20N2O. The smallest absolute Gasteiger partial charge is 0.113 e. The van der Waals surface area contributed by atoms with E-state index in [0.29, 0.717) is 12.2 Å². The highest BCUT2D eigenvalue weighted by Gasteiger charge is 2.15. The molecule has 1 unspecified atom stereocenters. The van der Waals surface area contributed by atoms with Crippen LogP contribution in [0.25, 0.3) is 0 Å². The molecule has 3 rings (SSSR count). The van der Waals surface area contributed by atoms with Crippen molar-refractivity contribution in [2.24, 2.45) is 0 Å². The van der Waals surface area contributed by atoms with E-state index in [2.05, 4.69) is 34.1 Å². The van der Waals surface area contributed by atoms with E-state index in [0.717, 1.165) is 12.2 Å². The van der Waals surface area contributed by atoms with E-state index in [4.69, 9.17) is 0 Å². The van der Waals surface area contributed by atoms with Gasteiger partial charge >= 0.3 is 0 Å². The average Bonchev–Trinajstić information content (AvgIpc) is 2.63. The van der Waals surface area contributed by atoms with Crippen LogP contribution in [0.4, 0.5) is 5.69 Å². The van der Waals surface area contributed by atoms with Gasteiger partial charge in [0, 0.05) is 25.0 Å². The van der Waals surface area contributed by atoms with Crippen molar-refractivity contribution < 1.29 is 5.11 Å². The molecule has 3 nitrogen and oxygen atoms in total. The van der Waals surface area contributed by atoms with Gasteiger partial charge in [-0.2, -0.15) is 0 Å². The molecule has 0 aliphatic rings. The molecule has 1 atom stereocenters. The van der Waals surface area contributed by atoms with Crippen molar-refractivity contribution in [3.05, 3.63) is 96.3 Å². The first-order valence-electron chi connectivity index (χ1n) is 7.76. The summed E-state index contributed by atoms with van der Waals surface area (Å²) in [5.74, 6) is 0. The second-order valence-electron chi connectivity index (χ2n) is 5.47. The average molecular weight is 304 g/mol. The van der Waals surface area contributed by atoms with Crippen LogP contribution in [0.3, 0.4) is 0 Å². The standard InChI is InChI=1S/C20H20N2O/c23-20(19-13-7-8-14-21-19)16-22(18-11-5-2-6-12-18)15-17-9-3-1-4-10-17/h1-14,20,23H,15-16H2. The van der Waals surface area contributed by atoms with E-state index >= 15 is 0 Å². The molecule has 3 heteroatoms. The molecule has 0 spiro atoms. The molecule has 2 aromatic carbocycles. The second kappa shape index (κ2) is 7.56. The molecule has 116 valence electrons. The highest BCUT2D eigenvalue weighted by molar-refractivity contribution is 5.47. The number of rotatable bonds is 6. The summed E-state index contributed by atoms with van der Waals surface area (Å²) >= 11 is 0. The zero-order valence-corrected chi connectivity index (χ0v) is 12.9. The topological polar surface area (TPSA) is 36.4 Å². The zero-order chi connectivity index (χ0) is 15.9. The van der Waals surface area contributed by atoms with Gasteiger partial charge < -0.3 is 10.0 Å². The molecule has 1 heterocycles. The van der Waals surface area contributed by atoms with Gasteiger partial charge in [-0.05, 0) is 29.8 Å². The van der Waals surface area contributed by atoms with Crippen LogP contribution in [0, 0.1) is 0 Å². The van der Waals surface area contributed by atoms with Crippen molar-refractivity contribution in [1.29, 1.82) is 0 Å². The SMILES string of the molecule is OC(CN(Cc1ccccc1)c1ccccc1)c1ccccn1. The fourth-order valence-electron chi connectivity index (χ4n) is 2.58. The van der Waals surface area contributed by atoms with Crippen LogP contribution in [0.1, 0.15) is 17.4 Å². The Morgan fingerprint density at radius 3 is 2.13 bits per heavy atom. The largest absolute Gasteiger partial charge is 0.385 e. The zero-order valence-electron chi connectivity index (χ0n) is 12.9. The van der Waals surface area contributed by atoms with E-state index in [9.17, 15) is 5.11 Å². The number of para-hydroxylation sites is 1. The summed E-state index contributed by atoms with van der Waals surface area (Å²) < 4.78 is 0. The third kappa shape index (κ3) is 4.18. The number of hydrogen-bond donors (Lipinski definition) is 1. The van der Waals surface area contributed by atoms with Crippen LogP contribution < -0.4 is 4.90 Å². The van der Waals surface area contributed by atoms with Crippen molar-refractivity contribution in [3.63, 3.8) is 0 Å². The van der Waals surface area contributed by atoms with Crippen LogP contribution in [-0.2, 0) is 6.54 Å². The molecule has 3 aromatic rings. The summed E-state index contributed by atoms with van der Waals surface area (Å²) in [5, 5.41) is 10.5. The normalized spacial score (nSPS) is 11.9. The van der Waals surface area contributed by atoms with Gasteiger partial charge in [0.15, 0.2) is 0 Å². The van der Waals surface area contributed by atoms with Crippen LogP contribution in [-0.4, -0.2) is 16.6 Å². The number of aliphatic hydroxyl groups is 1. The molecule has 0 saturated carbocycles. The molecule has 1 aromatic heterocycles. The molecule has 23 heavy (non-hydrogen) atoms. The molecule has 0 aliphatic heterocycles.